The Hall–Kier alpha value is 1.14. The number of hydrogen-bond donors (Lipinski definition) is 0. The summed E-state index contributed by atoms with van der Waals surface area (Å²) in [5.74, 6) is 0. The molecule has 0 spiro atoms. The summed E-state index contributed by atoms with van der Waals surface area (Å²) < 4.78 is 0. The summed E-state index contributed by atoms with van der Waals surface area (Å²) in [6.07, 6.45) is 4.12. The van der Waals surface area contributed by atoms with Crippen molar-refractivity contribution in [2.45, 2.75) is 6.92 Å². The molecule has 0 unspecified atom stereocenters. The molecule has 0 atom stereocenters. The molecule has 0 rings (SSSR count). The van der Waals surface area contributed by atoms with Gasteiger partial charge in [-0.2, -0.15) is 0 Å². The molecule has 4 heteroatoms. The molecule has 0 amide bonds. The van der Waals surface area contributed by atoms with Crippen LogP contribution in [0.5, 0.6) is 0 Å². The van der Waals surface area contributed by atoms with Crippen LogP contribution in [-0.4, -0.2) is 6.26 Å². The lowest BCUT2D eigenvalue weighted by molar-refractivity contribution is 1.79. The Bertz CT molecular complexity index is 61.1. The molecule has 8 heavy (non-hydrogen) atoms. The molecule has 0 aliphatic heterocycles. The fourth-order valence-corrected chi connectivity index (χ4v) is 4.66. The standard InChI is InChI=1S/C4H8S4/c1-3-4-6-8-7-5-2/h3-4H,1-2H3/b4-3-. The van der Waals surface area contributed by atoms with E-state index in [1.165, 1.54) is 0 Å². The molecule has 0 heterocycles. The molecule has 0 saturated heterocycles. The lowest BCUT2D eigenvalue weighted by Gasteiger charge is -1.86. The van der Waals surface area contributed by atoms with E-state index in [0.29, 0.717) is 0 Å². The summed E-state index contributed by atoms with van der Waals surface area (Å²) in [6.45, 7) is 2.03. The van der Waals surface area contributed by atoms with Crippen molar-refractivity contribution in [3.05, 3.63) is 11.5 Å². The molecular weight excluding hydrogens is 176 g/mol. The van der Waals surface area contributed by atoms with Gasteiger partial charge in [0.1, 0.15) is 0 Å². The smallest absolute Gasteiger partial charge is 0.00707 e. The third-order valence-corrected chi connectivity index (χ3v) is 6.06. The summed E-state index contributed by atoms with van der Waals surface area (Å²) >= 11 is 0. The van der Waals surface area contributed by atoms with Crippen molar-refractivity contribution in [3.8, 4) is 0 Å². The van der Waals surface area contributed by atoms with Crippen LogP contribution in [0.25, 0.3) is 0 Å². The zero-order valence-corrected chi connectivity index (χ0v) is 8.05. The van der Waals surface area contributed by atoms with Gasteiger partial charge < -0.3 is 0 Å². The van der Waals surface area contributed by atoms with Crippen molar-refractivity contribution in [1.82, 2.24) is 0 Å². The van der Waals surface area contributed by atoms with E-state index in [4.69, 9.17) is 0 Å². The summed E-state index contributed by atoms with van der Waals surface area (Å²) in [4.78, 5) is 0. The molecule has 0 aliphatic carbocycles. The highest BCUT2D eigenvalue weighted by molar-refractivity contribution is 9.26. The summed E-state index contributed by atoms with van der Waals surface area (Å²) in [6, 6.07) is 0. The maximum absolute atomic E-state index is 2.08. The van der Waals surface area contributed by atoms with Gasteiger partial charge in [0.05, 0.1) is 0 Å². The Balaban J connectivity index is 2.72. The Kier molecular flexibility index (Phi) is 9.30. The zero-order valence-electron chi connectivity index (χ0n) is 4.79. The van der Waals surface area contributed by atoms with Gasteiger partial charge in [-0.3, -0.25) is 0 Å². The van der Waals surface area contributed by atoms with Crippen molar-refractivity contribution in [2.75, 3.05) is 6.26 Å². The highest BCUT2D eigenvalue weighted by Crippen LogP contribution is 2.41. The van der Waals surface area contributed by atoms with Crippen LogP contribution in [0.1, 0.15) is 6.92 Å². The maximum Gasteiger partial charge on any atom is -0.00707 e. The fourth-order valence-electron chi connectivity index (χ4n) is 0.122. The van der Waals surface area contributed by atoms with Gasteiger partial charge in [0, 0.05) is 0 Å². The van der Waals surface area contributed by atoms with Crippen LogP contribution >= 0.6 is 41.2 Å². The number of rotatable bonds is 4. The third kappa shape index (κ3) is 7.14. The molecule has 0 aromatic carbocycles. The van der Waals surface area contributed by atoms with E-state index in [1.807, 2.05) is 13.0 Å². The largest absolute Gasteiger partial charge is 0.0852 e. The van der Waals surface area contributed by atoms with Crippen molar-refractivity contribution in [3.63, 3.8) is 0 Å². The molecule has 0 aliphatic rings. The second-order valence-corrected chi connectivity index (χ2v) is 6.78. The van der Waals surface area contributed by atoms with Crippen LogP contribution in [-0.2, 0) is 0 Å². The van der Waals surface area contributed by atoms with Gasteiger partial charge in [0.25, 0.3) is 0 Å². The Labute approximate surface area is 65.8 Å². The average molecular weight is 184 g/mol. The first-order chi connectivity index (χ1) is 3.91. The van der Waals surface area contributed by atoms with Gasteiger partial charge in [0.2, 0.25) is 0 Å². The van der Waals surface area contributed by atoms with Crippen molar-refractivity contribution < 1.29 is 0 Å². The summed E-state index contributed by atoms with van der Waals surface area (Å²) in [7, 11) is 7.11. The lowest BCUT2D eigenvalue weighted by atomic mass is 10.8. The minimum Gasteiger partial charge on any atom is -0.0852 e. The minimum absolute atomic E-state index is 1.76. The van der Waals surface area contributed by atoms with E-state index >= 15 is 0 Å². The minimum atomic E-state index is 1.76. The third-order valence-electron chi connectivity index (χ3n) is 0.327. The van der Waals surface area contributed by atoms with Crippen LogP contribution in [0.2, 0.25) is 0 Å². The number of hydrogen-bond acceptors (Lipinski definition) is 4. The van der Waals surface area contributed by atoms with E-state index in [-0.39, 0.29) is 0 Å². The molecule has 48 valence electrons. The van der Waals surface area contributed by atoms with Crippen LogP contribution in [0.4, 0.5) is 0 Å². The molecule has 0 aromatic rings. The summed E-state index contributed by atoms with van der Waals surface area (Å²) in [5, 5.41) is 2.08. The second-order valence-electron chi connectivity index (χ2n) is 0.868. The monoisotopic (exact) mass is 184 g/mol. The van der Waals surface area contributed by atoms with Gasteiger partial charge in [-0.25, -0.2) is 0 Å². The van der Waals surface area contributed by atoms with Gasteiger partial charge in [-0.1, -0.05) is 27.7 Å². The van der Waals surface area contributed by atoms with E-state index in [2.05, 4.69) is 11.7 Å². The van der Waals surface area contributed by atoms with Gasteiger partial charge in [-0.15, -0.1) is 0 Å². The maximum atomic E-state index is 2.08. The van der Waals surface area contributed by atoms with E-state index in [9.17, 15) is 0 Å². The molecular formula is C4H8S4. The average Bonchev–Trinajstić information content (AvgIpc) is 1.81. The molecule has 0 fully saturated rings. The molecule has 0 saturated carbocycles. The Morgan fingerprint density at radius 3 is 2.50 bits per heavy atom. The lowest BCUT2D eigenvalue weighted by Crippen LogP contribution is -1.35. The highest BCUT2D eigenvalue weighted by Gasteiger charge is 1.80. The van der Waals surface area contributed by atoms with Crippen LogP contribution in [0.3, 0.4) is 0 Å². The highest BCUT2D eigenvalue weighted by atomic mass is 33.7. The predicted molar refractivity (Wildman–Crippen MR) is 51.1 cm³/mol. The molecule has 0 nitrogen and oxygen atoms in total. The topological polar surface area (TPSA) is 0 Å². The molecule has 0 bridgehead atoms. The van der Waals surface area contributed by atoms with Crippen LogP contribution in [0, 0.1) is 0 Å². The van der Waals surface area contributed by atoms with Gasteiger partial charge >= 0.3 is 0 Å². The number of allylic oxidation sites excluding steroid dienone is 1. The van der Waals surface area contributed by atoms with Crippen molar-refractivity contribution in [1.29, 1.82) is 0 Å². The first-order valence-electron chi connectivity index (χ1n) is 2.05. The first kappa shape index (κ1) is 9.14. The zero-order chi connectivity index (χ0) is 6.24. The van der Waals surface area contributed by atoms with E-state index < -0.39 is 0 Å². The van der Waals surface area contributed by atoms with Crippen LogP contribution < -0.4 is 0 Å². The summed E-state index contributed by atoms with van der Waals surface area (Å²) in [5.41, 5.74) is 0. The van der Waals surface area contributed by atoms with E-state index in [1.54, 1.807) is 41.2 Å². The van der Waals surface area contributed by atoms with Crippen LogP contribution in [0.15, 0.2) is 11.5 Å². The predicted octanol–water partition coefficient (Wildman–Crippen LogP) is 3.83. The van der Waals surface area contributed by atoms with Crippen molar-refractivity contribution >= 4 is 41.2 Å². The Morgan fingerprint density at radius 2 is 2.00 bits per heavy atom. The first-order valence-corrected chi connectivity index (χ1v) is 7.34. The normalized spacial score (nSPS) is 10.8. The molecule has 0 N–H and O–H groups in total. The molecule has 0 aromatic heterocycles. The van der Waals surface area contributed by atoms with Gasteiger partial charge in [-0.05, 0) is 38.2 Å². The van der Waals surface area contributed by atoms with Gasteiger partial charge in [0.15, 0.2) is 0 Å². The SMILES string of the molecule is C/C=C\SSSSC. The Morgan fingerprint density at radius 1 is 1.25 bits per heavy atom. The second kappa shape index (κ2) is 8.14. The van der Waals surface area contributed by atoms with Crippen molar-refractivity contribution in [2.24, 2.45) is 0 Å². The molecule has 0 radical (unpaired) electrons. The quantitative estimate of drug-likeness (QED) is 0.481. The van der Waals surface area contributed by atoms with E-state index in [0.717, 1.165) is 0 Å². The fraction of sp³-hybridized carbons (Fsp3) is 0.500.